The van der Waals surface area contributed by atoms with E-state index in [0.717, 1.165) is 0 Å². The van der Waals surface area contributed by atoms with E-state index in [1.165, 1.54) is 21.8 Å². The lowest BCUT2D eigenvalue weighted by atomic mass is 10.2. The predicted molar refractivity (Wildman–Crippen MR) is 62.2 cm³/mol. The summed E-state index contributed by atoms with van der Waals surface area (Å²) in [6.45, 7) is 0. The van der Waals surface area contributed by atoms with Crippen LogP contribution in [0.1, 0.15) is 5.56 Å². The van der Waals surface area contributed by atoms with Crippen molar-refractivity contribution in [1.82, 2.24) is 0 Å². The molecule has 15 heavy (non-hydrogen) atoms. The molecule has 0 spiro atoms. The average Bonchev–Trinajstić information content (AvgIpc) is 2.74. The van der Waals surface area contributed by atoms with Gasteiger partial charge in [-0.25, -0.2) is 4.90 Å². The molecule has 0 saturated heterocycles. The van der Waals surface area contributed by atoms with Gasteiger partial charge >= 0.3 is 0 Å². The summed E-state index contributed by atoms with van der Waals surface area (Å²) in [7, 11) is 0. The first-order valence-electron chi connectivity index (χ1n) is 5.15. The zero-order valence-corrected chi connectivity index (χ0v) is 8.35. The van der Waals surface area contributed by atoms with Crippen LogP contribution < -0.4 is 4.90 Å². The van der Waals surface area contributed by atoms with Crippen molar-refractivity contribution in [2.75, 3.05) is 0 Å². The number of rotatable bonds is 1. The van der Waals surface area contributed by atoms with Crippen molar-refractivity contribution in [3.05, 3.63) is 66.4 Å². The first-order valence-corrected chi connectivity index (χ1v) is 5.15. The highest BCUT2D eigenvalue weighted by Crippen LogP contribution is 2.19. The lowest BCUT2D eigenvalue weighted by molar-refractivity contribution is -0.693. The molecule has 2 aromatic carbocycles. The predicted octanol–water partition coefficient (Wildman–Crippen LogP) is 2.52. The Kier molecular flexibility index (Phi) is 1.90. The zero-order chi connectivity index (χ0) is 10.1. The molecule has 0 aliphatic carbocycles. The summed E-state index contributed by atoms with van der Waals surface area (Å²) in [6, 6.07) is 19.0. The normalized spacial score (nSPS) is 17.7. The number of nitrogens with one attached hydrogen (secondary N) is 1. The summed E-state index contributed by atoms with van der Waals surface area (Å²) in [5, 5.41) is 0. The molecule has 1 heteroatoms. The second kappa shape index (κ2) is 3.37. The van der Waals surface area contributed by atoms with Crippen LogP contribution in [0.25, 0.3) is 6.08 Å². The third-order valence-corrected chi connectivity index (χ3v) is 2.77. The van der Waals surface area contributed by atoms with Gasteiger partial charge in [0.15, 0.2) is 0 Å². The molecule has 0 fully saturated rings. The van der Waals surface area contributed by atoms with Gasteiger partial charge in [-0.2, -0.15) is 0 Å². The third kappa shape index (κ3) is 1.37. The number of quaternary nitrogens is 1. The molecule has 2 aromatic rings. The smallest absolute Gasteiger partial charge is 0.148 e. The summed E-state index contributed by atoms with van der Waals surface area (Å²) in [4.78, 5) is 1.33. The fraction of sp³-hybridized carbons (Fsp3) is 0. The number of hydrogen-bond acceptors (Lipinski definition) is 0. The molecule has 1 heterocycles. The molecule has 1 unspecified atom stereocenters. The van der Waals surface area contributed by atoms with Crippen molar-refractivity contribution in [3.63, 3.8) is 0 Å². The topological polar surface area (TPSA) is 4.44 Å². The van der Waals surface area contributed by atoms with Crippen LogP contribution in [0.5, 0.6) is 0 Å². The van der Waals surface area contributed by atoms with Gasteiger partial charge in [0, 0.05) is 17.7 Å². The summed E-state index contributed by atoms with van der Waals surface area (Å²) in [5.74, 6) is 0. The Morgan fingerprint density at radius 1 is 0.733 bits per heavy atom. The molecule has 1 atom stereocenters. The highest BCUT2D eigenvalue weighted by molar-refractivity contribution is 5.65. The maximum absolute atomic E-state index is 2.19. The zero-order valence-electron chi connectivity index (χ0n) is 8.35. The average molecular weight is 194 g/mol. The summed E-state index contributed by atoms with van der Waals surface area (Å²) in [6.07, 6.45) is 4.37. The molecule has 1 N–H and O–H groups in total. The number of fused-ring (bicyclic) bond motifs is 1. The van der Waals surface area contributed by atoms with E-state index in [1.807, 2.05) is 0 Å². The van der Waals surface area contributed by atoms with Crippen LogP contribution in [0.2, 0.25) is 0 Å². The molecule has 72 valence electrons. The van der Waals surface area contributed by atoms with Crippen molar-refractivity contribution in [2.24, 2.45) is 0 Å². The highest BCUT2D eigenvalue weighted by atomic mass is 15.1. The first-order chi connectivity index (χ1) is 7.45. The van der Waals surface area contributed by atoms with E-state index in [4.69, 9.17) is 0 Å². The molecule has 0 saturated carbocycles. The van der Waals surface area contributed by atoms with Crippen molar-refractivity contribution in [1.29, 1.82) is 0 Å². The molecular weight excluding hydrogens is 182 g/mol. The molecule has 0 aromatic heterocycles. The lowest BCUT2D eigenvalue weighted by Gasteiger charge is -2.10. The molecule has 1 nitrogen and oxygen atoms in total. The van der Waals surface area contributed by atoms with E-state index in [-0.39, 0.29) is 0 Å². The quantitative estimate of drug-likeness (QED) is 0.711. The van der Waals surface area contributed by atoms with Crippen LogP contribution in [0.3, 0.4) is 0 Å². The van der Waals surface area contributed by atoms with Gasteiger partial charge in [0.1, 0.15) is 17.6 Å². The van der Waals surface area contributed by atoms with Crippen LogP contribution in [0, 0.1) is 0 Å². The molecule has 1 aliphatic heterocycles. The minimum absolute atomic E-state index is 1.29. The fourth-order valence-electron chi connectivity index (χ4n) is 2.02. The highest BCUT2D eigenvalue weighted by Gasteiger charge is 2.20. The van der Waals surface area contributed by atoms with Gasteiger partial charge < -0.3 is 0 Å². The fourth-order valence-corrected chi connectivity index (χ4v) is 2.02. The Morgan fingerprint density at radius 3 is 2.33 bits per heavy atom. The number of para-hydroxylation sites is 2. The van der Waals surface area contributed by atoms with Crippen LogP contribution in [0.15, 0.2) is 60.8 Å². The van der Waals surface area contributed by atoms with Gasteiger partial charge in [0.2, 0.25) is 0 Å². The van der Waals surface area contributed by atoms with Crippen molar-refractivity contribution in [2.45, 2.75) is 0 Å². The Morgan fingerprint density at radius 2 is 1.47 bits per heavy atom. The van der Waals surface area contributed by atoms with Gasteiger partial charge in [0.05, 0.1) is 0 Å². The molecular formula is C14H12N+. The first kappa shape index (κ1) is 8.45. The van der Waals surface area contributed by atoms with Gasteiger partial charge in [-0.15, -0.1) is 0 Å². The van der Waals surface area contributed by atoms with Gasteiger partial charge in [-0.3, -0.25) is 0 Å². The van der Waals surface area contributed by atoms with E-state index in [2.05, 4.69) is 66.9 Å². The minimum atomic E-state index is 1.29. The van der Waals surface area contributed by atoms with E-state index in [1.54, 1.807) is 0 Å². The number of benzene rings is 2. The van der Waals surface area contributed by atoms with Crippen LogP contribution in [-0.2, 0) is 0 Å². The van der Waals surface area contributed by atoms with Gasteiger partial charge in [-0.05, 0) is 18.2 Å². The minimum Gasteiger partial charge on any atom is -0.244 e. The van der Waals surface area contributed by atoms with E-state index < -0.39 is 0 Å². The second-order valence-corrected chi connectivity index (χ2v) is 3.70. The maximum Gasteiger partial charge on any atom is 0.148 e. The Hall–Kier alpha value is -1.86. The standard InChI is InChI=1S/C14H11N/c1-2-7-13(8-3-1)15-11-10-12-6-4-5-9-14(12)15/h1-11H/p+1. The van der Waals surface area contributed by atoms with Crippen molar-refractivity contribution >= 4 is 17.5 Å². The number of hydrogen-bond donors (Lipinski definition) is 1. The molecule has 3 rings (SSSR count). The summed E-state index contributed by atoms with van der Waals surface area (Å²) < 4.78 is 0. The second-order valence-electron chi connectivity index (χ2n) is 3.70. The van der Waals surface area contributed by atoms with E-state index in [0.29, 0.717) is 0 Å². The third-order valence-electron chi connectivity index (χ3n) is 2.77. The lowest BCUT2D eigenvalue weighted by Crippen LogP contribution is -2.95. The Bertz CT molecular complexity index is 500. The van der Waals surface area contributed by atoms with E-state index in [9.17, 15) is 0 Å². The summed E-state index contributed by atoms with van der Waals surface area (Å²) >= 11 is 0. The van der Waals surface area contributed by atoms with Crippen LogP contribution in [0.4, 0.5) is 11.4 Å². The molecule has 0 amide bonds. The van der Waals surface area contributed by atoms with Crippen molar-refractivity contribution in [3.8, 4) is 0 Å². The molecule has 0 radical (unpaired) electrons. The molecule has 0 bridgehead atoms. The Labute approximate surface area is 89.3 Å². The summed E-state index contributed by atoms with van der Waals surface area (Å²) in [5.41, 5.74) is 3.94. The molecule has 1 aliphatic rings. The van der Waals surface area contributed by atoms with Crippen LogP contribution >= 0.6 is 0 Å². The Balaban J connectivity index is 2.09. The monoisotopic (exact) mass is 194 g/mol. The van der Waals surface area contributed by atoms with Crippen molar-refractivity contribution < 1.29 is 4.90 Å². The largest absolute Gasteiger partial charge is 0.244 e. The van der Waals surface area contributed by atoms with E-state index >= 15 is 0 Å². The van der Waals surface area contributed by atoms with Gasteiger partial charge in [-0.1, -0.05) is 30.3 Å². The maximum atomic E-state index is 2.19. The van der Waals surface area contributed by atoms with Crippen LogP contribution in [-0.4, -0.2) is 0 Å². The van der Waals surface area contributed by atoms with Gasteiger partial charge in [0.25, 0.3) is 0 Å². The SMILES string of the molecule is C1=C[NH+](c2ccccc2)c2ccccc21.